The summed E-state index contributed by atoms with van der Waals surface area (Å²) < 4.78 is 0.778. The van der Waals surface area contributed by atoms with Gasteiger partial charge in [0, 0.05) is 11.9 Å². The maximum absolute atomic E-state index is 5.27. The lowest BCUT2D eigenvalue weighted by molar-refractivity contribution is 1.11. The van der Waals surface area contributed by atoms with Crippen LogP contribution in [-0.4, -0.2) is 9.97 Å². The zero-order chi connectivity index (χ0) is 12.3. The number of para-hydroxylation sites is 1. The number of anilines is 3. The number of aromatic nitrogens is 2. The summed E-state index contributed by atoms with van der Waals surface area (Å²) >= 11 is 3.39. The molecule has 1 aromatic carbocycles. The van der Waals surface area contributed by atoms with Crippen LogP contribution in [0.15, 0.2) is 34.9 Å². The number of nitrogen functional groups attached to an aromatic ring is 1. The van der Waals surface area contributed by atoms with Gasteiger partial charge in [-0.05, 0) is 34.5 Å². The highest BCUT2D eigenvalue weighted by atomic mass is 79.9. The molecule has 0 atom stereocenters. The monoisotopic (exact) mass is 293 g/mol. The van der Waals surface area contributed by atoms with Gasteiger partial charge >= 0.3 is 0 Å². The van der Waals surface area contributed by atoms with Crippen molar-refractivity contribution >= 4 is 33.4 Å². The number of rotatable bonds is 3. The van der Waals surface area contributed by atoms with Crippen molar-refractivity contribution in [3.8, 4) is 0 Å². The number of hydrogen-bond donors (Lipinski definition) is 3. The summed E-state index contributed by atoms with van der Waals surface area (Å²) in [4.78, 5) is 8.21. The van der Waals surface area contributed by atoms with Crippen LogP contribution >= 0.6 is 15.9 Å². The van der Waals surface area contributed by atoms with Crippen molar-refractivity contribution in [1.29, 1.82) is 0 Å². The molecule has 0 saturated heterocycles. The van der Waals surface area contributed by atoms with E-state index in [2.05, 4.69) is 36.6 Å². The Kier molecular flexibility index (Phi) is 3.55. The fraction of sp³-hybridized carbons (Fsp3) is 0.0909. The van der Waals surface area contributed by atoms with Gasteiger partial charge < -0.3 is 5.32 Å². The van der Waals surface area contributed by atoms with E-state index in [-0.39, 0.29) is 0 Å². The lowest BCUT2D eigenvalue weighted by Gasteiger charge is -2.10. The van der Waals surface area contributed by atoms with Crippen LogP contribution in [0.1, 0.15) is 5.56 Å². The first-order chi connectivity index (χ1) is 8.20. The van der Waals surface area contributed by atoms with Gasteiger partial charge in [0.25, 0.3) is 0 Å². The minimum absolute atomic E-state index is 0.365. The summed E-state index contributed by atoms with van der Waals surface area (Å²) in [6, 6.07) is 7.97. The van der Waals surface area contributed by atoms with E-state index >= 15 is 0 Å². The summed E-state index contributed by atoms with van der Waals surface area (Å²) in [5, 5.41) is 3.22. The predicted octanol–water partition coefficient (Wildman–Crippen LogP) is 2.58. The highest BCUT2D eigenvalue weighted by Crippen LogP contribution is 2.25. The molecule has 6 heteroatoms. The van der Waals surface area contributed by atoms with E-state index in [1.165, 1.54) is 0 Å². The van der Waals surface area contributed by atoms with Crippen LogP contribution in [0.5, 0.6) is 0 Å². The Morgan fingerprint density at radius 2 is 2.06 bits per heavy atom. The molecule has 5 nitrogen and oxygen atoms in total. The summed E-state index contributed by atoms with van der Waals surface area (Å²) in [7, 11) is 0. The van der Waals surface area contributed by atoms with Crippen LogP contribution in [0.2, 0.25) is 0 Å². The second kappa shape index (κ2) is 5.11. The normalized spacial score (nSPS) is 10.1. The van der Waals surface area contributed by atoms with Gasteiger partial charge in [0.2, 0.25) is 5.95 Å². The van der Waals surface area contributed by atoms with Crippen molar-refractivity contribution in [2.75, 3.05) is 10.7 Å². The SMILES string of the molecule is Cc1ccccc1Nc1nc(NN)ncc1Br. The smallest absolute Gasteiger partial charge is 0.239 e. The van der Waals surface area contributed by atoms with E-state index in [1.807, 2.05) is 31.2 Å². The Morgan fingerprint density at radius 3 is 2.76 bits per heavy atom. The summed E-state index contributed by atoms with van der Waals surface area (Å²) in [5.41, 5.74) is 4.55. The molecule has 0 aliphatic carbocycles. The molecule has 1 aromatic heterocycles. The number of nitrogens with one attached hydrogen (secondary N) is 2. The molecular formula is C11H12BrN5. The standard InChI is InChI=1S/C11H12BrN5/c1-7-4-2-3-5-9(7)15-10-8(12)6-14-11(16-10)17-13/h2-6H,13H2,1H3,(H2,14,15,16,17). The minimum Gasteiger partial charge on any atom is -0.339 e. The third-order valence-electron chi connectivity index (χ3n) is 2.27. The average Bonchev–Trinajstić information content (AvgIpc) is 2.35. The van der Waals surface area contributed by atoms with Crippen LogP contribution in [0.4, 0.5) is 17.5 Å². The molecule has 2 rings (SSSR count). The summed E-state index contributed by atoms with van der Waals surface area (Å²) in [5.74, 6) is 6.31. The van der Waals surface area contributed by atoms with Crippen molar-refractivity contribution in [2.24, 2.45) is 5.84 Å². The topological polar surface area (TPSA) is 75.9 Å². The molecule has 88 valence electrons. The van der Waals surface area contributed by atoms with Crippen molar-refractivity contribution in [3.63, 3.8) is 0 Å². The zero-order valence-electron chi connectivity index (χ0n) is 9.24. The Hall–Kier alpha value is -1.66. The average molecular weight is 294 g/mol. The molecule has 0 fully saturated rings. The molecule has 0 aliphatic heterocycles. The number of nitrogens with zero attached hydrogens (tertiary/aromatic N) is 2. The highest BCUT2D eigenvalue weighted by molar-refractivity contribution is 9.10. The first kappa shape index (κ1) is 11.8. The van der Waals surface area contributed by atoms with Gasteiger partial charge in [-0.15, -0.1) is 0 Å². The fourth-order valence-corrected chi connectivity index (χ4v) is 1.66. The Morgan fingerprint density at radius 1 is 1.29 bits per heavy atom. The molecule has 0 unspecified atom stereocenters. The molecule has 17 heavy (non-hydrogen) atoms. The summed E-state index contributed by atoms with van der Waals surface area (Å²) in [6.45, 7) is 2.03. The second-order valence-corrected chi connectivity index (χ2v) is 4.33. The summed E-state index contributed by atoms with van der Waals surface area (Å²) in [6.07, 6.45) is 1.64. The molecule has 4 N–H and O–H groups in total. The van der Waals surface area contributed by atoms with Crippen molar-refractivity contribution in [2.45, 2.75) is 6.92 Å². The molecule has 0 bridgehead atoms. The van der Waals surface area contributed by atoms with Crippen LogP contribution in [0, 0.1) is 6.92 Å². The van der Waals surface area contributed by atoms with Gasteiger partial charge in [-0.25, -0.2) is 10.8 Å². The third-order valence-corrected chi connectivity index (χ3v) is 2.85. The van der Waals surface area contributed by atoms with E-state index in [0.717, 1.165) is 15.7 Å². The highest BCUT2D eigenvalue weighted by Gasteiger charge is 2.05. The van der Waals surface area contributed by atoms with E-state index in [9.17, 15) is 0 Å². The van der Waals surface area contributed by atoms with Crippen molar-refractivity contribution in [3.05, 3.63) is 40.5 Å². The quantitative estimate of drug-likeness (QED) is 0.599. The number of benzene rings is 1. The number of halogens is 1. The van der Waals surface area contributed by atoms with Gasteiger partial charge in [-0.2, -0.15) is 4.98 Å². The molecule has 0 amide bonds. The van der Waals surface area contributed by atoms with Crippen LogP contribution < -0.4 is 16.6 Å². The lowest BCUT2D eigenvalue weighted by atomic mass is 10.2. The Labute approximate surface area is 108 Å². The molecule has 1 heterocycles. The van der Waals surface area contributed by atoms with Crippen molar-refractivity contribution < 1.29 is 0 Å². The van der Waals surface area contributed by atoms with E-state index in [0.29, 0.717) is 11.8 Å². The third kappa shape index (κ3) is 2.72. The fourth-order valence-electron chi connectivity index (χ4n) is 1.37. The van der Waals surface area contributed by atoms with Crippen LogP contribution in [-0.2, 0) is 0 Å². The van der Waals surface area contributed by atoms with Gasteiger partial charge in [-0.3, -0.25) is 5.43 Å². The Bertz CT molecular complexity index is 529. The maximum atomic E-state index is 5.27. The zero-order valence-corrected chi connectivity index (χ0v) is 10.8. The number of hydrazine groups is 1. The maximum Gasteiger partial charge on any atom is 0.239 e. The van der Waals surface area contributed by atoms with Gasteiger partial charge in [0.05, 0.1) is 4.47 Å². The van der Waals surface area contributed by atoms with E-state index in [1.54, 1.807) is 6.20 Å². The van der Waals surface area contributed by atoms with Gasteiger partial charge in [0.1, 0.15) is 5.82 Å². The minimum atomic E-state index is 0.365. The first-order valence-electron chi connectivity index (χ1n) is 5.02. The van der Waals surface area contributed by atoms with Crippen LogP contribution in [0.3, 0.4) is 0 Å². The van der Waals surface area contributed by atoms with Gasteiger partial charge in [-0.1, -0.05) is 18.2 Å². The number of aryl methyl sites for hydroxylation is 1. The first-order valence-corrected chi connectivity index (χ1v) is 5.82. The van der Waals surface area contributed by atoms with Crippen LogP contribution in [0.25, 0.3) is 0 Å². The predicted molar refractivity (Wildman–Crippen MR) is 72.0 cm³/mol. The molecule has 0 spiro atoms. The Balaban J connectivity index is 2.32. The van der Waals surface area contributed by atoms with Gasteiger partial charge in [0.15, 0.2) is 0 Å². The van der Waals surface area contributed by atoms with E-state index < -0.39 is 0 Å². The molecule has 0 saturated carbocycles. The molecule has 2 aromatic rings. The molecule has 0 aliphatic rings. The largest absolute Gasteiger partial charge is 0.339 e. The molecule has 0 radical (unpaired) electrons. The second-order valence-electron chi connectivity index (χ2n) is 3.47. The molecular weight excluding hydrogens is 282 g/mol. The van der Waals surface area contributed by atoms with Crippen molar-refractivity contribution in [1.82, 2.24) is 9.97 Å². The number of nitrogens with two attached hydrogens (primary N) is 1. The van der Waals surface area contributed by atoms with E-state index in [4.69, 9.17) is 5.84 Å². The lowest BCUT2D eigenvalue weighted by Crippen LogP contribution is -2.11. The number of hydrogen-bond acceptors (Lipinski definition) is 5.